The number of terminal acetylenes is 1. The number of carbonyl (C=O) groups is 2. The number of nitrogens with zero attached hydrogens (tertiary/aromatic N) is 13. The molecule has 2 saturated heterocycles. The van der Waals surface area contributed by atoms with E-state index in [4.69, 9.17) is 52.8 Å². The topological polar surface area (TPSA) is 285 Å². The van der Waals surface area contributed by atoms with Crippen LogP contribution in [0.4, 0.5) is 17.8 Å². The van der Waals surface area contributed by atoms with Crippen molar-refractivity contribution in [2.45, 2.75) is 90.4 Å². The van der Waals surface area contributed by atoms with Crippen molar-refractivity contribution in [2.24, 2.45) is 29.0 Å². The molecule has 5 atom stereocenters. The summed E-state index contributed by atoms with van der Waals surface area (Å²) in [5, 5.41) is 30.8. The van der Waals surface area contributed by atoms with Crippen LogP contribution in [-0.4, -0.2) is 177 Å². The molecule has 2 fully saturated rings. The summed E-state index contributed by atoms with van der Waals surface area (Å²) in [4.78, 5) is 51.3. The second-order valence-corrected chi connectivity index (χ2v) is 18.9. The lowest BCUT2D eigenvalue weighted by Crippen LogP contribution is -2.52. The molecule has 8 N–H and O–H groups in total. The molecule has 72 heavy (non-hydrogen) atoms. The Labute approximate surface area is 423 Å². The van der Waals surface area contributed by atoms with Crippen LogP contribution in [0.5, 0.6) is 5.75 Å². The number of benzene rings is 1. The number of nitrogens with one attached hydrogen (secondary N) is 1. The highest BCUT2D eigenvalue weighted by molar-refractivity contribution is 5.81. The number of hydrogen-bond acceptors (Lipinski definition) is 19. The number of ether oxygens (including phenoxy) is 3. The zero-order chi connectivity index (χ0) is 51.4. The van der Waals surface area contributed by atoms with E-state index in [1.807, 2.05) is 16.0 Å². The Morgan fingerprint density at radius 1 is 0.764 bits per heavy atom. The monoisotopic (exact) mass is 1000 g/mol. The first-order valence-corrected chi connectivity index (χ1v) is 25.5. The van der Waals surface area contributed by atoms with E-state index in [1.54, 1.807) is 39.8 Å². The van der Waals surface area contributed by atoms with E-state index < -0.39 is 12.1 Å². The molecule has 0 spiro atoms. The molecule has 0 aliphatic carbocycles. The highest BCUT2D eigenvalue weighted by atomic mass is 16.5. The fourth-order valence-electron chi connectivity index (χ4n) is 8.58. The van der Waals surface area contributed by atoms with E-state index in [2.05, 4.69) is 69.4 Å². The van der Waals surface area contributed by atoms with Gasteiger partial charge in [0.25, 0.3) is 0 Å². The van der Waals surface area contributed by atoms with Crippen LogP contribution in [0.15, 0.2) is 36.7 Å². The van der Waals surface area contributed by atoms with Crippen molar-refractivity contribution in [3.05, 3.63) is 53.6 Å². The Kier molecular flexibility index (Phi) is 21.7. The van der Waals surface area contributed by atoms with Gasteiger partial charge in [-0.25, -0.2) is 9.36 Å². The smallest absolute Gasteiger partial charge is 0.247 e. The number of carbonyl (C=O) groups excluding carboxylic acids is 2. The van der Waals surface area contributed by atoms with Crippen LogP contribution in [0.25, 0.3) is 0 Å². The van der Waals surface area contributed by atoms with E-state index in [0.717, 1.165) is 31.2 Å². The first kappa shape index (κ1) is 55.3. The maximum absolute atomic E-state index is 14.5. The number of anilines is 3. The van der Waals surface area contributed by atoms with Crippen LogP contribution in [0.2, 0.25) is 0 Å². The maximum Gasteiger partial charge on any atom is 0.247 e. The van der Waals surface area contributed by atoms with Crippen molar-refractivity contribution in [1.29, 1.82) is 0 Å². The molecule has 394 valence electrons. The first-order chi connectivity index (χ1) is 34.9. The molecule has 4 aromatic rings. The molecule has 0 saturated carbocycles. The molecule has 3 aromatic heterocycles. The third-order valence-electron chi connectivity index (χ3n) is 13.1. The SMILES string of the molecule is C#CCOCCOCCOCCNc1nc(N2CCN(C(=O)[C@H](Cc3ccc(O)cc3)n3cc([C@@H](N)C(C)CC)nn3)CC2)nc(N2CCN(C(=O)[C@H](CCCCN)n3cc([C@@H](N)CC(C)C)nn3)CC2)n1. The van der Waals surface area contributed by atoms with Crippen LogP contribution in [0, 0.1) is 24.2 Å². The predicted octanol–water partition coefficient (Wildman–Crippen LogP) is 2.10. The van der Waals surface area contributed by atoms with Gasteiger partial charge in [-0.1, -0.05) is 62.6 Å². The minimum absolute atomic E-state index is 0.0291. The third kappa shape index (κ3) is 16.0. The summed E-state index contributed by atoms with van der Waals surface area (Å²) in [6.45, 7) is 15.2. The summed E-state index contributed by atoms with van der Waals surface area (Å²) in [6.07, 6.45) is 12.9. The van der Waals surface area contributed by atoms with Crippen molar-refractivity contribution in [3.63, 3.8) is 0 Å². The molecule has 1 unspecified atom stereocenters. The maximum atomic E-state index is 14.5. The number of hydrogen-bond donors (Lipinski definition) is 5. The molecule has 1 aromatic carbocycles. The second kappa shape index (κ2) is 28.3. The van der Waals surface area contributed by atoms with Crippen molar-refractivity contribution in [2.75, 3.05) is 120 Å². The van der Waals surface area contributed by atoms with Gasteiger partial charge in [-0.15, -0.1) is 16.6 Å². The van der Waals surface area contributed by atoms with Gasteiger partial charge in [0.2, 0.25) is 29.7 Å². The molecule has 5 heterocycles. The van der Waals surface area contributed by atoms with E-state index in [0.29, 0.717) is 146 Å². The Balaban J connectivity index is 1.14. The Bertz CT molecular complexity index is 2290. The lowest BCUT2D eigenvalue weighted by atomic mass is 9.98. The van der Waals surface area contributed by atoms with Crippen LogP contribution in [-0.2, 0) is 30.2 Å². The van der Waals surface area contributed by atoms with Gasteiger partial charge in [0.05, 0.1) is 68.9 Å². The van der Waals surface area contributed by atoms with Gasteiger partial charge in [-0.05, 0) is 61.8 Å². The molecular formula is C49H77N17O6. The predicted molar refractivity (Wildman–Crippen MR) is 273 cm³/mol. The number of phenols is 1. The van der Waals surface area contributed by atoms with Crippen molar-refractivity contribution in [3.8, 4) is 18.1 Å². The Hall–Kier alpha value is -6.03. The number of amides is 2. The summed E-state index contributed by atoms with van der Waals surface area (Å²) >= 11 is 0. The summed E-state index contributed by atoms with van der Waals surface area (Å²) in [7, 11) is 0. The fraction of sp³-hybridized carbons (Fsp3) is 0.653. The van der Waals surface area contributed by atoms with Crippen molar-refractivity contribution < 1.29 is 28.9 Å². The van der Waals surface area contributed by atoms with Gasteiger partial charge in [0.15, 0.2) is 0 Å². The van der Waals surface area contributed by atoms with Crippen molar-refractivity contribution in [1.82, 2.24) is 54.7 Å². The van der Waals surface area contributed by atoms with Crippen LogP contribution in [0.1, 0.15) is 101 Å². The first-order valence-electron chi connectivity index (χ1n) is 25.5. The van der Waals surface area contributed by atoms with E-state index >= 15 is 0 Å². The molecule has 6 rings (SSSR count). The highest BCUT2D eigenvalue weighted by Crippen LogP contribution is 2.27. The summed E-state index contributed by atoms with van der Waals surface area (Å²) in [5.74, 6) is 4.32. The Morgan fingerprint density at radius 3 is 1.90 bits per heavy atom. The van der Waals surface area contributed by atoms with Crippen molar-refractivity contribution >= 4 is 29.7 Å². The number of phenolic OH excluding ortho intramolecular Hbond substituents is 1. The number of nitrogens with two attached hydrogens (primary N) is 3. The number of aromatic hydroxyl groups is 1. The second-order valence-electron chi connectivity index (χ2n) is 18.9. The quantitative estimate of drug-likeness (QED) is 0.0385. The van der Waals surface area contributed by atoms with E-state index in [-0.39, 0.29) is 42.2 Å². The summed E-state index contributed by atoms with van der Waals surface area (Å²) < 4.78 is 19.9. The van der Waals surface area contributed by atoms with E-state index in [1.165, 1.54) is 0 Å². The molecule has 23 heteroatoms. The zero-order valence-corrected chi connectivity index (χ0v) is 42.6. The molecule has 2 aliphatic heterocycles. The fourth-order valence-corrected chi connectivity index (χ4v) is 8.58. The van der Waals surface area contributed by atoms with Gasteiger partial charge in [-0.3, -0.25) is 9.59 Å². The molecule has 0 radical (unpaired) electrons. The Morgan fingerprint density at radius 2 is 1.32 bits per heavy atom. The highest BCUT2D eigenvalue weighted by Gasteiger charge is 2.34. The molecule has 23 nitrogen and oxygen atoms in total. The average Bonchev–Trinajstić information content (AvgIpc) is 4.10. The standard InChI is InChI=1S/C49H77N17O6/c1-6-25-70-27-29-72-30-28-71-26-16-53-47-54-48(63-21-17-61(18-22-63)45(68)42(10-8-9-15-50)65-33-40(57-59-65)39(51)31-35(3)4)56-49(55-47)64-23-19-62(20-24-64)46(69)43(32-37-11-13-38(67)14-12-37)66-34-41(58-60-66)44(52)36(5)7-2/h1,11-14,33-36,39,42-44,67H,7-10,15-32,50-52H2,2-5H3,(H,53,54,55,56)/t36?,39-,42-,43-,44-/m0/s1. The van der Waals surface area contributed by atoms with Crippen LogP contribution < -0.4 is 32.3 Å². The number of aromatic nitrogens is 9. The third-order valence-corrected chi connectivity index (χ3v) is 13.1. The lowest BCUT2D eigenvalue weighted by molar-refractivity contribution is -0.136. The number of piperazine rings is 2. The minimum Gasteiger partial charge on any atom is -0.508 e. The average molecular weight is 1000 g/mol. The number of rotatable bonds is 29. The molecule has 0 bridgehead atoms. The van der Waals surface area contributed by atoms with Gasteiger partial charge in [-0.2, -0.15) is 15.0 Å². The molecule has 2 aliphatic rings. The molecular weight excluding hydrogens is 923 g/mol. The normalized spacial score (nSPS) is 16.4. The van der Waals surface area contributed by atoms with Gasteiger partial charge in [0, 0.05) is 65.3 Å². The van der Waals surface area contributed by atoms with Crippen LogP contribution >= 0.6 is 0 Å². The van der Waals surface area contributed by atoms with Gasteiger partial charge < -0.3 is 61.4 Å². The van der Waals surface area contributed by atoms with Gasteiger partial charge >= 0.3 is 0 Å². The van der Waals surface area contributed by atoms with Gasteiger partial charge in [0.1, 0.15) is 24.4 Å². The minimum atomic E-state index is -0.693. The van der Waals surface area contributed by atoms with Crippen LogP contribution in [0.3, 0.4) is 0 Å². The largest absolute Gasteiger partial charge is 0.508 e. The molecule has 2 amide bonds. The zero-order valence-electron chi connectivity index (χ0n) is 42.6. The summed E-state index contributed by atoms with van der Waals surface area (Å²) in [6, 6.07) is 5.02. The van der Waals surface area contributed by atoms with E-state index in [9.17, 15) is 14.7 Å². The number of unbranched alkanes of at least 4 members (excludes halogenated alkanes) is 1. The lowest BCUT2D eigenvalue weighted by Gasteiger charge is -2.38. The summed E-state index contributed by atoms with van der Waals surface area (Å²) in [5.41, 5.74) is 21.0.